The summed E-state index contributed by atoms with van der Waals surface area (Å²) in [6, 6.07) is 0. The van der Waals surface area contributed by atoms with Crippen molar-refractivity contribution in [3.05, 3.63) is 24.3 Å². The molecule has 0 saturated heterocycles. The standard InChI is InChI=1S/C12H18N2O2/c1-3-8(2)12(11(14)16)7-5-4-6-9(12)10(13)15/h4-9H,3H2,1-2H3,(H2,13,15)(H2,14,16). The highest BCUT2D eigenvalue weighted by molar-refractivity contribution is 5.92. The molecule has 1 rings (SSSR count). The van der Waals surface area contributed by atoms with Gasteiger partial charge in [-0.15, -0.1) is 0 Å². The zero-order valence-corrected chi connectivity index (χ0v) is 9.64. The predicted octanol–water partition coefficient (Wildman–Crippen LogP) is 0.732. The highest BCUT2D eigenvalue weighted by atomic mass is 16.2. The summed E-state index contributed by atoms with van der Waals surface area (Å²) < 4.78 is 0. The van der Waals surface area contributed by atoms with Crippen molar-refractivity contribution >= 4 is 11.8 Å². The number of carbonyl (C=O) groups excluding carboxylic acids is 2. The van der Waals surface area contributed by atoms with Gasteiger partial charge in [0.2, 0.25) is 11.8 Å². The maximum atomic E-state index is 11.7. The molecule has 4 N–H and O–H groups in total. The number of allylic oxidation sites excluding steroid dienone is 2. The van der Waals surface area contributed by atoms with Crippen molar-refractivity contribution in [2.75, 3.05) is 0 Å². The largest absolute Gasteiger partial charge is 0.369 e. The highest BCUT2D eigenvalue weighted by Crippen LogP contribution is 2.41. The number of hydrogen-bond acceptors (Lipinski definition) is 2. The van der Waals surface area contributed by atoms with Gasteiger partial charge in [0.1, 0.15) is 0 Å². The number of carbonyl (C=O) groups is 2. The molecule has 0 aromatic carbocycles. The summed E-state index contributed by atoms with van der Waals surface area (Å²) in [6.45, 7) is 3.86. The molecule has 1 aliphatic rings. The van der Waals surface area contributed by atoms with E-state index in [1.807, 2.05) is 13.8 Å². The third kappa shape index (κ3) is 1.75. The lowest BCUT2D eigenvalue weighted by molar-refractivity contribution is -0.136. The van der Waals surface area contributed by atoms with Crippen LogP contribution in [0.4, 0.5) is 0 Å². The van der Waals surface area contributed by atoms with E-state index in [9.17, 15) is 9.59 Å². The highest BCUT2D eigenvalue weighted by Gasteiger charge is 2.48. The number of hydrogen-bond donors (Lipinski definition) is 2. The molecule has 0 aromatic rings. The van der Waals surface area contributed by atoms with Crippen LogP contribution in [0.15, 0.2) is 24.3 Å². The second-order valence-electron chi connectivity index (χ2n) is 4.23. The number of amides is 2. The minimum absolute atomic E-state index is 0.0244. The van der Waals surface area contributed by atoms with Crippen LogP contribution in [-0.2, 0) is 9.59 Å². The number of rotatable bonds is 4. The van der Waals surface area contributed by atoms with Crippen LogP contribution < -0.4 is 11.5 Å². The van der Waals surface area contributed by atoms with Crippen LogP contribution >= 0.6 is 0 Å². The third-order valence-corrected chi connectivity index (χ3v) is 3.46. The van der Waals surface area contributed by atoms with Crippen LogP contribution in [0, 0.1) is 17.3 Å². The first-order chi connectivity index (χ1) is 7.46. The van der Waals surface area contributed by atoms with E-state index in [-0.39, 0.29) is 5.92 Å². The molecule has 0 bridgehead atoms. The number of nitrogens with two attached hydrogens (primary N) is 2. The summed E-state index contributed by atoms with van der Waals surface area (Å²) in [5, 5.41) is 0. The second-order valence-corrected chi connectivity index (χ2v) is 4.23. The molecule has 0 fully saturated rings. The normalized spacial score (nSPS) is 30.0. The van der Waals surface area contributed by atoms with Gasteiger partial charge in [0.05, 0.1) is 11.3 Å². The van der Waals surface area contributed by atoms with Crippen molar-refractivity contribution < 1.29 is 9.59 Å². The van der Waals surface area contributed by atoms with Crippen LogP contribution in [0.5, 0.6) is 0 Å². The smallest absolute Gasteiger partial charge is 0.228 e. The fourth-order valence-corrected chi connectivity index (χ4v) is 2.27. The lowest BCUT2D eigenvalue weighted by Gasteiger charge is -2.38. The lowest BCUT2D eigenvalue weighted by Crippen LogP contribution is -2.50. The Morgan fingerprint density at radius 1 is 1.38 bits per heavy atom. The molecular weight excluding hydrogens is 204 g/mol. The van der Waals surface area contributed by atoms with Gasteiger partial charge in [0.15, 0.2) is 0 Å². The van der Waals surface area contributed by atoms with Crippen LogP contribution in [0.25, 0.3) is 0 Å². The van der Waals surface area contributed by atoms with Crippen molar-refractivity contribution in [2.24, 2.45) is 28.7 Å². The van der Waals surface area contributed by atoms with E-state index in [0.29, 0.717) is 0 Å². The Morgan fingerprint density at radius 3 is 2.44 bits per heavy atom. The van der Waals surface area contributed by atoms with Crippen LogP contribution in [0.1, 0.15) is 20.3 Å². The summed E-state index contributed by atoms with van der Waals surface area (Å²) in [5.41, 5.74) is 9.84. The van der Waals surface area contributed by atoms with Gasteiger partial charge in [-0.05, 0) is 5.92 Å². The predicted molar refractivity (Wildman–Crippen MR) is 62.0 cm³/mol. The fraction of sp³-hybridized carbons (Fsp3) is 0.500. The SMILES string of the molecule is CCC(C)C1(C(N)=O)C=CC=CC1C(N)=O. The molecule has 88 valence electrons. The first-order valence-electron chi connectivity index (χ1n) is 5.42. The molecule has 0 aromatic heterocycles. The molecule has 0 heterocycles. The van der Waals surface area contributed by atoms with Crippen molar-refractivity contribution in [1.82, 2.24) is 0 Å². The average Bonchev–Trinajstić information content (AvgIpc) is 2.27. The van der Waals surface area contributed by atoms with Gasteiger partial charge < -0.3 is 11.5 Å². The molecule has 3 atom stereocenters. The first kappa shape index (κ1) is 12.5. The Balaban J connectivity index is 3.26. The van der Waals surface area contributed by atoms with Gasteiger partial charge in [-0.2, -0.15) is 0 Å². The van der Waals surface area contributed by atoms with E-state index in [0.717, 1.165) is 6.42 Å². The van der Waals surface area contributed by atoms with Crippen LogP contribution in [0.3, 0.4) is 0 Å². The monoisotopic (exact) mass is 222 g/mol. The fourth-order valence-electron chi connectivity index (χ4n) is 2.27. The zero-order chi connectivity index (χ0) is 12.3. The van der Waals surface area contributed by atoms with Gasteiger partial charge >= 0.3 is 0 Å². The van der Waals surface area contributed by atoms with E-state index in [1.54, 1.807) is 24.3 Å². The van der Waals surface area contributed by atoms with Gasteiger partial charge in [-0.1, -0.05) is 44.6 Å². The minimum atomic E-state index is -0.977. The molecule has 0 saturated carbocycles. The summed E-state index contributed by atoms with van der Waals surface area (Å²) in [5.74, 6) is -1.68. The first-order valence-corrected chi connectivity index (χ1v) is 5.42. The Hall–Kier alpha value is -1.58. The van der Waals surface area contributed by atoms with E-state index in [4.69, 9.17) is 11.5 Å². The Kier molecular flexibility index (Phi) is 3.52. The maximum absolute atomic E-state index is 11.7. The van der Waals surface area contributed by atoms with Gasteiger partial charge in [0.25, 0.3) is 0 Å². The van der Waals surface area contributed by atoms with E-state index >= 15 is 0 Å². The summed E-state index contributed by atoms with van der Waals surface area (Å²) in [6.07, 6.45) is 7.58. The molecular formula is C12H18N2O2. The minimum Gasteiger partial charge on any atom is -0.369 e. The van der Waals surface area contributed by atoms with Crippen LogP contribution in [-0.4, -0.2) is 11.8 Å². The summed E-state index contributed by atoms with van der Waals surface area (Å²) >= 11 is 0. The quantitative estimate of drug-likeness (QED) is 0.734. The van der Waals surface area contributed by atoms with Crippen molar-refractivity contribution in [3.8, 4) is 0 Å². The molecule has 2 amide bonds. The van der Waals surface area contributed by atoms with E-state index < -0.39 is 23.1 Å². The Morgan fingerprint density at radius 2 is 2.00 bits per heavy atom. The van der Waals surface area contributed by atoms with Crippen LogP contribution in [0.2, 0.25) is 0 Å². The van der Waals surface area contributed by atoms with Crippen molar-refractivity contribution in [2.45, 2.75) is 20.3 Å². The average molecular weight is 222 g/mol. The van der Waals surface area contributed by atoms with Crippen molar-refractivity contribution in [3.63, 3.8) is 0 Å². The molecule has 0 spiro atoms. The molecule has 4 heteroatoms. The maximum Gasteiger partial charge on any atom is 0.228 e. The summed E-state index contributed by atoms with van der Waals surface area (Å²) in [4.78, 5) is 23.1. The topological polar surface area (TPSA) is 86.2 Å². The second kappa shape index (κ2) is 4.51. The van der Waals surface area contributed by atoms with Gasteiger partial charge in [-0.25, -0.2) is 0 Å². The summed E-state index contributed by atoms with van der Waals surface area (Å²) in [7, 11) is 0. The Bertz CT molecular complexity index is 360. The molecule has 3 unspecified atom stereocenters. The zero-order valence-electron chi connectivity index (χ0n) is 9.64. The lowest BCUT2D eigenvalue weighted by atomic mass is 9.63. The Labute approximate surface area is 95.4 Å². The van der Waals surface area contributed by atoms with Gasteiger partial charge in [-0.3, -0.25) is 9.59 Å². The molecule has 4 nitrogen and oxygen atoms in total. The van der Waals surface area contributed by atoms with Crippen molar-refractivity contribution in [1.29, 1.82) is 0 Å². The van der Waals surface area contributed by atoms with E-state index in [2.05, 4.69) is 0 Å². The van der Waals surface area contributed by atoms with Gasteiger partial charge in [0, 0.05) is 0 Å². The third-order valence-electron chi connectivity index (χ3n) is 3.46. The molecule has 16 heavy (non-hydrogen) atoms. The number of primary amides is 2. The molecule has 0 radical (unpaired) electrons. The molecule has 0 aliphatic heterocycles. The van der Waals surface area contributed by atoms with E-state index in [1.165, 1.54) is 0 Å². The molecule has 1 aliphatic carbocycles.